The summed E-state index contributed by atoms with van der Waals surface area (Å²) in [6, 6.07) is 8.67. The number of hydrogen-bond donors (Lipinski definition) is 3. The third-order valence-corrected chi connectivity index (χ3v) is 4.37. The van der Waals surface area contributed by atoms with Gasteiger partial charge in [0.1, 0.15) is 11.6 Å². The van der Waals surface area contributed by atoms with Gasteiger partial charge in [0.25, 0.3) is 5.91 Å². The Morgan fingerprint density at radius 2 is 1.82 bits per heavy atom. The first kappa shape index (κ1) is 21.3. The summed E-state index contributed by atoms with van der Waals surface area (Å²) in [4.78, 5) is 24.5. The van der Waals surface area contributed by atoms with Crippen LogP contribution in [0.5, 0.6) is 5.75 Å². The molecule has 0 bridgehead atoms. The van der Waals surface area contributed by atoms with Crippen LogP contribution < -0.4 is 20.1 Å². The van der Waals surface area contributed by atoms with Crippen LogP contribution in [0.1, 0.15) is 17.3 Å². The van der Waals surface area contributed by atoms with Gasteiger partial charge >= 0.3 is 0 Å². The fourth-order valence-corrected chi connectivity index (χ4v) is 3.08. The quantitative estimate of drug-likeness (QED) is 0.647. The number of carbonyl (C=O) groups excluding carboxylic acids is 2. The number of carbonyl (C=O) groups is 2. The predicted molar refractivity (Wildman–Crippen MR) is 103 cm³/mol. The molecule has 0 aromatic heterocycles. The third kappa shape index (κ3) is 6.03. The molecule has 0 fully saturated rings. The van der Waals surface area contributed by atoms with Gasteiger partial charge in [0, 0.05) is 11.3 Å². The van der Waals surface area contributed by atoms with Crippen molar-refractivity contribution in [2.45, 2.75) is 13.0 Å². The minimum atomic E-state index is -3.55. The SMILES string of the molecule is COc1ccc(NC(=O)[C@H](C)NS(C)(=O)=O)cc1NC(=O)c1cccc(F)c1. The second-order valence-corrected chi connectivity index (χ2v) is 7.76. The minimum Gasteiger partial charge on any atom is -0.495 e. The van der Waals surface area contributed by atoms with Crippen molar-refractivity contribution >= 4 is 33.2 Å². The van der Waals surface area contributed by atoms with Crippen molar-refractivity contribution in [1.29, 1.82) is 0 Å². The Morgan fingerprint density at radius 1 is 1.11 bits per heavy atom. The van der Waals surface area contributed by atoms with Crippen molar-refractivity contribution in [3.63, 3.8) is 0 Å². The molecule has 0 radical (unpaired) electrons. The highest BCUT2D eigenvalue weighted by molar-refractivity contribution is 7.88. The van der Waals surface area contributed by atoms with E-state index < -0.39 is 33.7 Å². The van der Waals surface area contributed by atoms with Crippen molar-refractivity contribution in [3.05, 3.63) is 53.8 Å². The predicted octanol–water partition coefficient (Wildman–Crippen LogP) is 1.96. The number of rotatable bonds is 7. The average molecular weight is 409 g/mol. The summed E-state index contributed by atoms with van der Waals surface area (Å²) in [6.45, 7) is 1.40. The highest BCUT2D eigenvalue weighted by atomic mass is 32.2. The largest absolute Gasteiger partial charge is 0.495 e. The van der Waals surface area contributed by atoms with Gasteiger partial charge in [-0.05, 0) is 43.3 Å². The Hall–Kier alpha value is -2.98. The van der Waals surface area contributed by atoms with Crippen LogP contribution in [0.15, 0.2) is 42.5 Å². The zero-order valence-electron chi connectivity index (χ0n) is 15.4. The van der Waals surface area contributed by atoms with Crippen molar-refractivity contribution < 1.29 is 27.1 Å². The third-order valence-electron chi connectivity index (χ3n) is 3.59. The second kappa shape index (κ2) is 8.81. The van der Waals surface area contributed by atoms with Crippen LogP contribution >= 0.6 is 0 Å². The number of ether oxygens (including phenoxy) is 1. The molecular formula is C18H20FN3O5S. The first-order valence-electron chi connectivity index (χ1n) is 8.12. The van der Waals surface area contributed by atoms with E-state index in [0.717, 1.165) is 12.3 Å². The van der Waals surface area contributed by atoms with Crippen molar-refractivity contribution in [2.75, 3.05) is 24.0 Å². The van der Waals surface area contributed by atoms with Gasteiger partial charge in [0.2, 0.25) is 15.9 Å². The van der Waals surface area contributed by atoms with E-state index in [1.807, 2.05) is 0 Å². The zero-order valence-corrected chi connectivity index (χ0v) is 16.3. The molecule has 0 saturated heterocycles. The molecule has 150 valence electrons. The molecule has 0 aliphatic rings. The normalized spacial score (nSPS) is 12.1. The summed E-state index contributed by atoms with van der Waals surface area (Å²) in [5.41, 5.74) is 0.670. The Balaban J connectivity index is 2.19. The standard InChI is InChI=1S/C18H20FN3O5S/c1-11(22-28(3,25)26)17(23)20-14-7-8-16(27-2)15(10-14)21-18(24)12-5-4-6-13(19)9-12/h4-11,22H,1-3H3,(H,20,23)(H,21,24)/t11-/m0/s1. The van der Waals surface area contributed by atoms with Crippen molar-refractivity contribution in [3.8, 4) is 5.75 Å². The summed E-state index contributed by atoms with van der Waals surface area (Å²) in [5.74, 6) is -1.37. The van der Waals surface area contributed by atoms with Gasteiger partial charge in [-0.2, -0.15) is 0 Å². The van der Waals surface area contributed by atoms with Gasteiger partial charge < -0.3 is 15.4 Å². The highest BCUT2D eigenvalue weighted by Gasteiger charge is 2.18. The maximum Gasteiger partial charge on any atom is 0.255 e. The topological polar surface area (TPSA) is 114 Å². The summed E-state index contributed by atoms with van der Waals surface area (Å²) in [6.07, 6.45) is 0.949. The number of halogens is 1. The molecular weight excluding hydrogens is 389 g/mol. The number of hydrogen-bond acceptors (Lipinski definition) is 5. The number of nitrogens with one attached hydrogen (secondary N) is 3. The van der Waals surface area contributed by atoms with Crippen LogP contribution in [0.3, 0.4) is 0 Å². The molecule has 2 rings (SSSR count). The molecule has 10 heteroatoms. The molecule has 0 spiro atoms. The lowest BCUT2D eigenvalue weighted by atomic mass is 10.2. The zero-order chi connectivity index (χ0) is 20.9. The van der Waals surface area contributed by atoms with E-state index in [2.05, 4.69) is 15.4 Å². The van der Waals surface area contributed by atoms with E-state index in [1.165, 1.54) is 50.4 Å². The van der Waals surface area contributed by atoms with E-state index >= 15 is 0 Å². The molecule has 28 heavy (non-hydrogen) atoms. The molecule has 0 aliphatic carbocycles. The van der Waals surface area contributed by atoms with Gasteiger partial charge in [0.05, 0.1) is 25.1 Å². The molecule has 2 aromatic carbocycles. The van der Waals surface area contributed by atoms with Crippen LogP contribution in [0.25, 0.3) is 0 Å². The number of sulfonamides is 1. The van der Waals surface area contributed by atoms with Crippen LogP contribution in [0.4, 0.5) is 15.8 Å². The molecule has 0 unspecified atom stereocenters. The van der Waals surface area contributed by atoms with E-state index in [-0.39, 0.29) is 11.3 Å². The molecule has 2 amide bonds. The minimum absolute atomic E-state index is 0.113. The van der Waals surface area contributed by atoms with Crippen LogP contribution in [-0.4, -0.2) is 39.6 Å². The van der Waals surface area contributed by atoms with Gasteiger partial charge in [-0.15, -0.1) is 0 Å². The molecule has 0 aliphatic heterocycles. The Labute approximate surface area is 162 Å². The summed E-state index contributed by atoms with van der Waals surface area (Å²) in [7, 11) is -2.14. The highest BCUT2D eigenvalue weighted by Crippen LogP contribution is 2.28. The Morgan fingerprint density at radius 3 is 2.43 bits per heavy atom. The fraction of sp³-hybridized carbons (Fsp3) is 0.222. The number of benzene rings is 2. The maximum atomic E-state index is 13.3. The summed E-state index contributed by atoms with van der Waals surface area (Å²) >= 11 is 0. The number of methoxy groups -OCH3 is 1. The summed E-state index contributed by atoms with van der Waals surface area (Å²) in [5, 5.41) is 5.14. The van der Waals surface area contributed by atoms with Crippen LogP contribution in [0.2, 0.25) is 0 Å². The van der Waals surface area contributed by atoms with Crippen LogP contribution in [-0.2, 0) is 14.8 Å². The van der Waals surface area contributed by atoms with Gasteiger partial charge in [-0.1, -0.05) is 6.07 Å². The van der Waals surface area contributed by atoms with E-state index in [9.17, 15) is 22.4 Å². The summed E-state index contributed by atoms with van der Waals surface area (Å²) < 4.78 is 43.1. The smallest absolute Gasteiger partial charge is 0.255 e. The first-order chi connectivity index (χ1) is 13.1. The van der Waals surface area contributed by atoms with Crippen LogP contribution in [0, 0.1) is 5.82 Å². The van der Waals surface area contributed by atoms with Crippen molar-refractivity contribution in [1.82, 2.24) is 4.72 Å². The Bertz CT molecular complexity index is 994. The van der Waals surface area contributed by atoms with E-state index in [4.69, 9.17) is 4.74 Å². The lowest BCUT2D eigenvalue weighted by Crippen LogP contribution is -2.41. The number of anilines is 2. The molecule has 8 nitrogen and oxygen atoms in total. The lowest BCUT2D eigenvalue weighted by Gasteiger charge is -2.15. The first-order valence-corrected chi connectivity index (χ1v) is 10.0. The molecule has 2 aromatic rings. The Kier molecular flexibility index (Phi) is 6.71. The molecule has 3 N–H and O–H groups in total. The molecule has 0 heterocycles. The van der Waals surface area contributed by atoms with Gasteiger partial charge in [-0.25, -0.2) is 17.5 Å². The van der Waals surface area contributed by atoms with Gasteiger partial charge in [0.15, 0.2) is 0 Å². The fourth-order valence-electron chi connectivity index (χ4n) is 2.33. The lowest BCUT2D eigenvalue weighted by molar-refractivity contribution is -0.117. The molecule has 1 atom stereocenters. The van der Waals surface area contributed by atoms with E-state index in [1.54, 1.807) is 0 Å². The molecule has 0 saturated carbocycles. The van der Waals surface area contributed by atoms with Crippen molar-refractivity contribution in [2.24, 2.45) is 0 Å². The monoisotopic (exact) mass is 409 g/mol. The average Bonchev–Trinajstić information content (AvgIpc) is 2.60. The van der Waals surface area contributed by atoms with E-state index in [0.29, 0.717) is 11.4 Å². The second-order valence-electron chi connectivity index (χ2n) is 5.98. The maximum absolute atomic E-state index is 13.3. The van der Waals surface area contributed by atoms with Gasteiger partial charge in [-0.3, -0.25) is 9.59 Å². The number of amides is 2.